The number of hydrogen-bond acceptors (Lipinski definition) is 5. The van der Waals surface area contributed by atoms with E-state index in [0.717, 1.165) is 8.28 Å². The molecule has 0 aliphatic heterocycles. The second kappa shape index (κ2) is 9.47. The highest BCUT2D eigenvalue weighted by molar-refractivity contribution is 7.87. The second-order valence-corrected chi connectivity index (χ2v) is 8.93. The number of nitrogens with one attached hydrogen (secondary N) is 2. The van der Waals surface area contributed by atoms with Crippen molar-refractivity contribution < 1.29 is 18.0 Å². The van der Waals surface area contributed by atoms with Crippen molar-refractivity contribution in [1.29, 1.82) is 5.26 Å². The van der Waals surface area contributed by atoms with Crippen molar-refractivity contribution in [3.05, 3.63) is 77.6 Å². The smallest absolute Gasteiger partial charge is 0.307 e. The maximum atomic E-state index is 12.8. The van der Waals surface area contributed by atoms with Gasteiger partial charge in [-0.15, -0.1) is 0 Å². The monoisotopic (exact) mass is 451 g/mol. The third kappa shape index (κ3) is 4.69. The van der Waals surface area contributed by atoms with Crippen LogP contribution in [-0.4, -0.2) is 49.1 Å². The van der Waals surface area contributed by atoms with Gasteiger partial charge in [-0.05, 0) is 24.3 Å². The summed E-state index contributed by atoms with van der Waals surface area (Å²) in [7, 11) is -0.995. The molecule has 0 fully saturated rings. The van der Waals surface area contributed by atoms with Crippen LogP contribution in [0.3, 0.4) is 0 Å². The minimum Gasteiger partial charge on any atom is -0.338 e. The molecule has 0 spiro atoms. The van der Waals surface area contributed by atoms with Crippen LogP contribution < -0.4 is 10.6 Å². The molecule has 2 N–H and O–H groups in total. The van der Waals surface area contributed by atoms with Crippen LogP contribution in [0.4, 0.5) is 0 Å². The lowest BCUT2D eigenvalue weighted by Gasteiger charge is -2.13. The molecular formula is C22H21N5O4S. The molecule has 0 bridgehead atoms. The third-order valence-corrected chi connectivity index (χ3v) is 6.30. The Balaban J connectivity index is 2.12. The zero-order chi connectivity index (χ0) is 23.3. The summed E-state index contributed by atoms with van der Waals surface area (Å²) in [5.41, 5.74) is 1.03. The molecule has 164 valence electrons. The lowest BCUT2D eigenvalue weighted by atomic mass is 10.1. The molecular weight excluding hydrogens is 430 g/mol. The predicted molar refractivity (Wildman–Crippen MR) is 120 cm³/mol. The van der Waals surface area contributed by atoms with Crippen molar-refractivity contribution in [2.75, 3.05) is 20.6 Å². The Kier molecular flexibility index (Phi) is 6.73. The molecule has 3 rings (SSSR count). The standard InChI is InChI=1S/C22H21N5O4S/c1-26(2)32(30,31)27-15-17(18-10-6-7-11-20(18)27)14-19(22(29)24-13-12-23)25-21(28)16-8-4-3-5-9-16/h3-11,14-15H,13H2,1-2H3,(H,24,29)(H,25,28). The molecule has 2 amide bonds. The van der Waals surface area contributed by atoms with Gasteiger partial charge < -0.3 is 10.6 Å². The van der Waals surface area contributed by atoms with E-state index >= 15 is 0 Å². The normalized spacial score (nSPS) is 11.9. The largest absolute Gasteiger partial charge is 0.338 e. The summed E-state index contributed by atoms with van der Waals surface area (Å²) in [5.74, 6) is -1.20. The van der Waals surface area contributed by atoms with Crippen molar-refractivity contribution in [2.45, 2.75) is 0 Å². The summed E-state index contributed by atoms with van der Waals surface area (Å²) in [6.45, 7) is -0.256. The summed E-state index contributed by atoms with van der Waals surface area (Å²) in [5, 5.41) is 14.3. The number of carbonyl (C=O) groups excluding carboxylic acids is 2. The van der Waals surface area contributed by atoms with Crippen molar-refractivity contribution in [3.63, 3.8) is 0 Å². The van der Waals surface area contributed by atoms with Gasteiger partial charge in [0, 0.05) is 36.8 Å². The van der Waals surface area contributed by atoms with E-state index in [2.05, 4.69) is 10.6 Å². The Bertz CT molecular complexity index is 1340. The van der Waals surface area contributed by atoms with Gasteiger partial charge in [-0.3, -0.25) is 9.59 Å². The molecule has 3 aromatic rings. The Morgan fingerprint density at radius 1 is 1.09 bits per heavy atom. The lowest BCUT2D eigenvalue weighted by Crippen LogP contribution is -2.35. The maximum Gasteiger partial charge on any atom is 0.307 e. The molecule has 2 aromatic carbocycles. The Hall–Kier alpha value is -3.94. The second-order valence-electron chi connectivity index (χ2n) is 6.91. The van der Waals surface area contributed by atoms with Crippen LogP contribution in [0.2, 0.25) is 0 Å². The first kappa shape index (κ1) is 22.7. The number of amides is 2. The van der Waals surface area contributed by atoms with Crippen LogP contribution in [0.5, 0.6) is 0 Å². The molecule has 0 unspecified atom stereocenters. The van der Waals surface area contributed by atoms with Gasteiger partial charge in [0.2, 0.25) is 0 Å². The number of nitrogens with zero attached hydrogens (tertiary/aromatic N) is 3. The molecule has 1 heterocycles. The Morgan fingerprint density at radius 3 is 2.41 bits per heavy atom. The fraction of sp³-hybridized carbons (Fsp3) is 0.136. The van der Waals surface area contributed by atoms with Gasteiger partial charge in [0.15, 0.2) is 0 Å². The molecule has 0 aliphatic carbocycles. The van der Waals surface area contributed by atoms with Crippen LogP contribution in [0.15, 0.2) is 66.5 Å². The van der Waals surface area contributed by atoms with Crippen molar-refractivity contribution in [1.82, 2.24) is 18.9 Å². The van der Waals surface area contributed by atoms with Crippen LogP contribution >= 0.6 is 0 Å². The first-order chi connectivity index (χ1) is 15.3. The molecule has 0 radical (unpaired) electrons. The summed E-state index contributed by atoms with van der Waals surface area (Å²) in [6, 6.07) is 16.9. The van der Waals surface area contributed by atoms with E-state index in [4.69, 9.17) is 5.26 Å². The fourth-order valence-corrected chi connectivity index (χ4v) is 3.98. The van der Waals surface area contributed by atoms with E-state index < -0.39 is 22.0 Å². The van der Waals surface area contributed by atoms with Gasteiger partial charge in [0.05, 0.1) is 11.6 Å². The molecule has 0 saturated heterocycles. The van der Waals surface area contributed by atoms with E-state index in [1.54, 1.807) is 54.6 Å². The number of rotatable bonds is 7. The third-order valence-electron chi connectivity index (χ3n) is 4.58. The summed E-state index contributed by atoms with van der Waals surface area (Å²) < 4.78 is 27.7. The Morgan fingerprint density at radius 2 is 1.75 bits per heavy atom. The highest BCUT2D eigenvalue weighted by atomic mass is 32.2. The first-order valence-corrected chi connectivity index (χ1v) is 10.9. The van der Waals surface area contributed by atoms with E-state index in [1.165, 1.54) is 26.4 Å². The molecule has 0 aliphatic rings. The van der Waals surface area contributed by atoms with Gasteiger partial charge >= 0.3 is 10.2 Å². The summed E-state index contributed by atoms with van der Waals surface area (Å²) in [6.07, 6.45) is 2.77. The maximum absolute atomic E-state index is 12.8. The van der Waals surface area contributed by atoms with Crippen LogP contribution in [0, 0.1) is 11.3 Å². The molecule has 10 heteroatoms. The number of para-hydroxylation sites is 1. The number of fused-ring (bicyclic) bond motifs is 1. The minimum atomic E-state index is -3.83. The number of hydrogen-bond donors (Lipinski definition) is 2. The van der Waals surface area contributed by atoms with Gasteiger partial charge in [-0.25, -0.2) is 3.97 Å². The van der Waals surface area contributed by atoms with E-state index in [-0.39, 0.29) is 12.2 Å². The molecule has 32 heavy (non-hydrogen) atoms. The van der Waals surface area contributed by atoms with E-state index in [1.807, 2.05) is 6.07 Å². The van der Waals surface area contributed by atoms with Crippen molar-refractivity contribution in [2.24, 2.45) is 0 Å². The highest BCUT2D eigenvalue weighted by Crippen LogP contribution is 2.25. The lowest BCUT2D eigenvalue weighted by molar-refractivity contribution is -0.117. The molecule has 0 saturated carbocycles. The molecule has 9 nitrogen and oxygen atoms in total. The van der Waals surface area contributed by atoms with Crippen molar-refractivity contribution in [3.8, 4) is 6.07 Å². The van der Waals surface area contributed by atoms with Gasteiger partial charge in [0.25, 0.3) is 11.8 Å². The van der Waals surface area contributed by atoms with Gasteiger partial charge in [-0.1, -0.05) is 36.4 Å². The van der Waals surface area contributed by atoms with Gasteiger partial charge in [-0.2, -0.15) is 18.0 Å². The highest BCUT2D eigenvalue weighted by Gasteiger charge is 2.21. The number of carbonyl (C=O) groups is 2. The summed E-state index contributed by atoms with van der Waals surface area (Å²) in [4.78, 5) is 25.3. The quantitative estimate of drug-likeness (QED) is 0.418. The van der Waals surface area contributed by atoms with E-state index in [9.17, 15) is 18.0 Å². The molecule has 1 aromatic heterocycles. The number of aromatic nitrogens is 1. The number of benzene rings is 2. The van der Waals surface area contributed by atoms with Crippen LogP contribution in [-0.2, 0) is 15.0 Å². The number of nitriles is 1. The summed E-state index contributed by atoms with van der Waals surface area (Å²) >= 11 is 0. The SMILES string of the molecule is CN(C)S(=O)(=O)n1cc(C=C(NC(=O)c2ccccc2)C(=O)NCC#N)c2ccccc21. The average molecular weight is 452 g/mol. The van der Waals surface area contributed by atoms with Crippen LogP contribution in [0.1, 0.15) is 15.9 Å². The zero-order valence-corrected chi connectivity index (χ0v) is 18.3. The Labute approximate surface area is 185 Å². The topological polar surface area (TPSA) is 124 Å². The minimum absolute atomic E-state index is 0.126. The first-order valence-electron chi connectivity index (χ1n) is 9.52. The fourth-order valence-electron chi connectivity index (χ4n) is 2.97. The van der Waals surface area contributed by atoms with Gasteiger partial charge in [0.1, 0.15) is 12.2 Å². The zero-order valence-electron chi connectivity index (χ0n) is 17.4. The van der Waals surface area contributed by atoms with Crippen LogP contribution in [0.25, 0.3) is 17.0 Å². The van der Waals surface area contributed by atoms with Crippen molar-refractivity contribution >= 4 is 39.0 Å². The molecule has 0 atom stereocenters. The predicted octanol–water partition coefficient (Wildman–Crippen LogP) is 1.71. The van der Waals surface area contributed by atoms with E-state index in [0.29, 0.717) is 22.0 Å². The average Bonchev–Trinajstić information content (AvgIpc) is 3.16.